The molecule has 0 saturated heterocycles. The minimum Gasteiger partial charge on any atom is -0.392 e. The Morgan fingerprint density at radius 3 is 2.44 bits per heavy atom. The molecule has 0 aliphatic heterocycles. The third-order valence-corrected chi connectivity index (χ3v) is 4.07. The molecule has 0 amide bonds. The highest BCUT2D eigenvalue weighted by Gasteiger charge is 2.03. The quantitative estimate of drug-likeness (QED) is 0.842. The first kappa shape index (κ1) is 13.6. The van der Waals surface area contributed by atoms with Gasteiger partial charge in [0.25, 0.3) is 0 Å². The lowest BCUT2D eigenvalue weighted by atomic mass is 10.2. The summed E-state index contributed by atoms with van der Waals surface area (Å²) in [6, 6.07) is 12.7. The molecule has 0 saturated carbocycles. The molecule has 0 aromatic heterocycles. The molecule has 2 rings (SSSR count). The molecule has 0 bridgehead atoms. The van der Waals surface area contributed by atoms with Gasteiger partial charge in [0.2, 0.25) is 0 Å². The van der Waals surface area contributed by atoms with Crippen LogP contribution >= 0.6 is 27.7 Å². The van der Waals surface area contributed by atoms with Gasteiger partial charge in [-0.05, 0) is 35.4 Å². The number of halogens is 2. The first-order valence-corrected chi connectivity index (χ1v) is 7.23. The minimum atomic E-state index is -0.191. The number of hydrogen-bond acceptors (Lipinski definition) is 2. The molecule has 1 N–H and O–H groups in total. The maximum Gasteiger partial charge on any atom is 0.128 e. The van der Waals surface area contributed by atoms with E-state index >= 15 is 0 Å². The average Bonchev–Trinajstić information content (AvgIpc) is 2.38. The van der Waals surface area contributed by atoms with Crippen molar-refractivity contribution in [2.24, 2.45) is 0 Å². The highest BCUT2D eigenvalue weighted by Crippen LogP contribution is 2.25. The third kappa shape index (κ3) is 3.57. The molecule has 0 atom stereocenters. The number of thioether (sulfide) groups is 1. The smallest absolute Gasteiger partial charge is 0.128 e. The second-order valence-electron chi connectivity index (χ2n) is 3.83. The van der Waals surface area contributed by atoms with E-state index in [1.807, 2.05) is 30.3 Å². The average molecular weight is 327 g/mol. The van der Waals surface area contributed by atoms with Gasteiger partial charge < -0.3 is 5.11 Å². The zero-order valence-corrected chi connectivity index (χ0v) is 12.0. The molecule has 2 aromatic carbocycles. The molecule has 18 heavy (non-hydrogen) atoms. The fraction of sp³-hybridized carbons (Fsp3) is 0.143. The molecule has 0 radical (unpaired) electrons. The van der Waals surface area contributed by atoms with Crippen LogP contribution in [0.15, 0.2) is 51.8 Å². The summed E-state index contributed by atoms with van der Waals surface area (Å²) < 4.78 is 14.3. The van der Waals surface area contributed by atoms with Crippen LogP contribution < -0.4 is 0 Å². The SMILES string of the molecule is OCc1ccc(SCc2ccc(Br)cc2F)cc1. The van der Waals surface area contributed by atoms with Crippen LogP contribution in [0.5, 0.6) is 0 Å². The van der Waals surface area contributed by atoms with Crippen LogP contribution in [-0.4, -0.2) is 5.11 Å². The van der Waals surface area contributed by atoms with Gasteiger partial charge in [-0.15, -0.1) is 11.8 Å². The van der Waals surface area contributed by atoms with Crippen molar-refractivity contribution in [1.29, 1.82) is 0 Å². The summed E-state index contributed by atoms with van der Waals surface area (Å²) in [6.07, 6.45) is 0. The maximum atomic E-state index is 13.6. The van der Waals surface area contributed by atoms with E-state index in [0.717, 1.165) is 14.9 Å². The van der Waals surface area contributed by atoms with Crippen LogP contribution in [0.25, 0.3) is 0 Å². The predicted molar refractivity (Wildman–Crippen MR) is 76.0 cm³/mol. The normalized spacial score (nSPS) is 10.6. The Labute approximate surface area is 118 Å². The van der Waals surface area contributed by atoms with Crippen molar-refractivity contribution in [3.05, 3.63) is 63.9 Å². The van der Waals surface area contributed by atoms with Crippen molar-refractivity contribution in [3.8, 4) is 0 Å². The zero-order chi connectivity index (χ0) is 13.0. The summed E-state index contributed by atoms with van der Waals surface area (Å²) in [7, 11) is 0. The van der Waals surface area contributed by atoms with Gasteiger partial charge in [-0.1, -0.05) is 34.1 Å². The molecule has 2 aromatic rings. The van der Waals surface area contributed by atoms with Gasteiger partial charge in [-0.3, -0.25) is 0 Å². The van der Waals surface area contributed by atoms with Crippen molar-refractivity contribution in [3.63, 3.8) is 0 Å². The van der Waals surface area contributed by atoms with E-state index in [1.165, 1.54) is 6.07 Å². The Morgan fingerprint density at radius 1 is 1.11 bits per heavy atom. The first-order valence-electron chi connectivity index (χ1n) is 5.45. The van der Waals surface area contributed by atoms with Gasteiger partial charge >= 0.3 is 0 Å². The topological polar surface area (TPSA) is 20.2 Å². The minimum absolute atomic E-state index is 0.0479. The molecular weight excluding hydrogens is 315 g/mol. The number of aliphatic hydroxyl groups is 1. The molecule has 0 heterocycles. The number of benzene rings is 2. The predicted octanol–water partition coefficient (Wildman–Crippen LogP) is 4.37. The highest BCUT2D eigenvalue weighted by atomic mass is 79.9. The van der Waals surface area contributed by atoms with E-state index in [0.29, 0.717) is 11.3 Å². The van der Waals surface area contributed by atoms with E-state index in [-0.39, 0.29) is 12.4 Å². The maximum absolute atomic E-state index is 13.6. The molecule has 0 aliphatic carbocycles. The van der Waals surface area contributed by atoms with Crippen molar-refractivity contribution in [2.45, 2.75) is 17.3 Å². The zero-order valence-electron chi connectivity index (χ0n) is 9.57. The summed E-state index contributed by atoms with van der Waals surface area (Å²) in [4.78, 5) is 1.06. The van der Waals surface area contributed by atoms with E-state index < -0.39 is 0 Å². The Morgan fingerprint density at radius 2 is 1.83 bits per heavy atom. The highest BCUT2D eigenvalue weighted by molar-refractivity contribution is 9.10. The van der Waals surface area contributed by atoms with Crippen molar-refractivity contribution in [2.75, 3.05) is 0 Å². The van der Waals surface area contributed by atoms with E-state index in [9.17, 15) is 4.39 Å². The molecule has 1 nitrogen and oxygen atoms in total. The van der Waals surface area contributed by atoms with Crippen LogP contribution in [0.2, 0.25) is 0 Å². The second-order valence-corrected chi connectivity index (χ2v) is 5.79. The van der Waals surface area contributed by atoms with Crippen LogP contribution in [0.1, 0.15) is 11.1 Å². The van der Waals surface area contributed by atoms with Crippen LogP contribution in [0, 0.1) is 5.82 Å². The third-order valence-electron chi connectivity index (χ3n) is 2.52. The summed E-state index contributed by atoms with van der Waals surface area (Å²) in [6.45, 7) is 0.0479. The summed E-state index contributed by atoms with van der Waals surface area (Å²) in [5.74, 6) is 0.404. The monoisotopic (exact) mass is 326 g/mol. The molecule has 94 valence electrons. The molecular formula is C14H12BrFOS. The van der Waals surface area contributed by atoms with Gasteiger partial charge in [-0.2, -0.15) is 0 Å². The molecule has 0 aliphatic rings. The Kier molecular flexibility index (Phi) is 4.80. The Hall–Kier alpha value is -0.840. The van der Waals surface area contributed by atoms with Gasteiger partial charge in [0, 0.05) is 15.1 Å². The number of rotatable bonds is 4. The first-order chi connectivity index (χ1) is 8.69. The van der Waals surface area contributed by atoms with Gasteiger partial charge in [0.1, 0.15) is 5.82 Å². The van der Waals surface area contributed by atoms with Gasteiger partial charge in [-0.25, -0.2) is 4.39 Å². The van der Waals surface area contributed by atoms with Crippen LogP contribution in [0.3, 0.4) is 0 Å². The lowest BCUT2D eigenvalue weighted by Crippen LogP contribution is -1.87. The summed E-state index contributed by atoms with van der Waals surface area (Å²) >= 11 is 4.81. The largest absolute Gasteiger partial charge is 0.392 e. The van der Waals surface area contributed by atoms with Gasteiger partial charge in [0.05, 0.1) is 6.61 Å². The summed E-state index contributed by atoms with van der Waals surface area (Å²) in [5.41, 5.74) is 1.57. The fourth-order valence-corrected chi connectivity index (χ4v) is 2.71. The molecule has 0 spiro atoms. The lowest BCUT2D eigenvalue weighted by Gasteiger charge is -2.05. The van der Waals surface area contributed by atoms with Gasteiger partial charge in [0.15, 0.2) is 0 Å². The van der Waals surface area contributed by atoms with Crippen LogP contribution in [-0.2, 0) is 12.4 Å². The van der Waals surface area contributed by atoms with Crippen molar-refractivity contribution < 1.29 is 9.50 Å². The van der Waals surface area contributed by atoms with Crippen molar-refractivity contribution >= 4 is 27.7 Å². The van der Waals surface area contributed by atoms with E-state index in [4.69, 9.17) is 5.11 Å². The van der Waals surface area contributed by atoms with E-state index in [1.54, 1.807) is 17.8 Å². The Bertz CT molecular complexity index is 528. The standard InChI is InChI=1S/C14H12BrFOS/c15-12-4-3-11(14(16)7-12)9-18-13-5-1-10(8-17)2-6-13/h1-7,17H,8-9H2. The molecule has 4 heteroatoms. The fourth-order valence-electron chi connectivity index (χ4n) is 1.49. The number of aliphatic hydroxyl groups excluding tert-OH is 1. The van der Waals surface area contributed by atoms with Crippen molar-refractivity contribution in [1.82, 2.24) is 0 Å². The number of hydrogen-bond donors (Lipinski definition) is 1. The summed E-state index contributed by atoms with van der Waals surface area (Å²) in [5, 5.41) is 8.94. The second kappa shape index (κ2) is 6.36. The van der Waals surface area contributed by atoms with Crippen LogP contribution in [0.4, 0.5) is 4.39 Å². The molecule has 0 unspecified atom stereocenters. The lowest BCUT2D eigenvalue weighted by molar-refractivity contribution is 0.282. The Balaban J connectivity index is 2.02. The molecule has 0 fully saturated rings. The van der Waals surface area contributed by atoms with E-state index in [2.05, 4.69) is 15.9 Å².